The Kier molecular flexibility index (Phi) is 12.3. The summed E-state index contributed by atoms with van der Waals surface area (Å²) in [6.45, 7) is 14.2. The van der Waals surface area contributed by atoms with Gasteiger partial charge in [0.1, 0.15) is 5.60 Å². The van der Waals surface area contributed by atoms with Gasteiger partial charge in [-0.3, -0.25) is 4.55 Å². The van der Waals surface area contributed by atoms with Gasteiger partial charge in [-0.2, -0.15) is 8.42 Å². The summed E-state index contributed by atoms with van der Waals surface area (Å²) in [4.78, 5) is 0. The number of unbranched alkanes of at least 4 members (excludes halogenated alkanes) is 1. The van der Waals surface area contributed by atoms with E-state index in [-0.39, 0.29) is 11.5 Å². The number of rotatable bonds is 16. The molecule has 0 saturated heterocycles. The number of aliphatic hydroxyl groups excluding tert-OH is 2. The molecule has 0 heterocycles. The molecule has 0 radical (unpaired) electrons. The Hall–Kier alpha value is -0.330. The van der Waals surface area contributed by atoms with E-state index in [0.29, 0.717) is 53.4 Å². The lowest BCUT2D eigenvalue weighted by Gasteiger charge is -2.62. The molecule has 0 bridgehead atoms. The van der Waals surface area contributed by atoms with Gasteiger partial charge in [-0.25, -0.2) is 4.18 Å². The molecule has 258 valence electrons. The first-order valence-corrected chi connectivity index (χ1v) is 19.2. The second-order valence-electron chi connectivity index (χ2n) is 16.2. The van der Waals surface area contributed by atoms with Gasteiger partial charge in [-0.1, -0.05) is 20.8 Å². The third-order valence-corrected chi connectivity index (χ3v) is 13.9. The van der Waals surface area contributed by atoms with Gasteiger partial charge in [-0.15, -0.1) is 0 Å². The van der Waals surface area contributed by atoms with Crippen LogP contribution in [0.2, 0.25) is 0 Å². The summed E-state index contributed by atoms with van der Waals surface area (Å²) < 4.78 is 36.4. The van der Waals surface area contributed by atoms with Crippen LogP contribution >= 0.6 is 0 Å². The molecule has 0 amide bonds. The Bertz CT molecular complexity index is 1030. The molecule has 0 aliphatic heterocycles. The molecule has 9 nitrogen and oxygen atoms in total. The molecule has 0 aromatic heterocycles. The zero-order valence-corrected chi connectivity index (χ0v) is 29.1. The normalized spacial score (nSPS) is 38.9. The molecule has 4 rings (SSSR count). The van der Waals surface area contributed by atoms with Crippen molar-refractivity contribution in [1.82, 2.24) is 10.6 Å². The molecular formula is C34H65N3O6S. The summed E-state index contributed by atoms with van der Waals surface area (Å²) in [5, 5.41) is 29.9. The van der Waals surface area contributed by atoms with Crippen LogP contribution in [0.5, 0.6) is 0 Å². The van der Waals surface area contributed by atoms with E-state index in [0.717, 1.165) is 71.1 Å². The van der Waals surface area contributed by atoms with Gasteiger partial charge in [0.05, 0.1) is 12.2 Å². The second-order valence-corrected chi connectivity index (χ2v) is 17.3. The summed E-state index contributed by atoms with van der Waals surface area (Å²) in [6.07, 6.45) is 12.6. The van der Waals surface area contributed by atoms with Crippen LogP contribution in [-0.2, 0) is 14.6 Å². The Morgan fingerprint density at radius 2 is 1.64 bits per heavy atom. The molecule has 4 saturated carbocycles. The Morgan fingerprint density at radius 1 is 0.955 bits per heavy atom. The summed E-state index contributed by atoms with van der Waals surface area (Å²) in [5.74, 6) is 2.94. The standard InChI is InChI=1S/C34H65N3O6S/c1-23(9-12-30(39)32(2,3)43-44(40,41)42)26-10-11-27-31-28(14-16-34(26,27)5)33(4)15-13-25(21-24(33)22-29(31)38)37-20-8-19-36-18-7-6-17-35/h23-31,36-39H,6-22,35H2,1-5H3,(H,40,41,42). The van der Waals surface area contributed by atoms with Crippen LogP contribution in [0.4, 0.5) is 0 Å². The molecule has 44 heavy (non-hydrogen) atoms. The molecule has 11 atom stereocenters. The average molecular weight is 644 g/mol. The minimum Gasteiger partial charge on any atom is -0.393 e. The topological polar surface area (TPSA) is 154 Å². The maximum Gasteiger partial charge on any atom is 0.397 e. The van der Waals surface area contributed by atoms with Crippen LogP contribution in [0, 0.1) is 46.3 Å². The number of nitrogens with one attached hydrogen (secondary N) is 2. The maximum atomic E-state index is 11.8. The number of hydrogen-bond donors (Lipinski definition) is 6. The van der Waals surface area contributed by atoms with E-state index in [4.69, 9.17) is 14.5 Å². The van der Waals surface area contributed by atoms with Crippen molar-refractivity contribution in [3.63, 3.8) is 0 Å². The fourth-order valence-corrected chi connectivity index (χ4v) is 11.4. The molecular weight excluding hydrogens is 578 g/mol. The lowest BCUT2D eigenvalue weighted by molar-refractivity contribution is -0.167. The predicted octanol–water partition coefficient (Wildman–Crippen LogP) is 4.67. The van der Waals surface area contributed by atoms with Crippen molar-refractivity contribution in [2.45, 2.75) is 142 Å². The van der Waals surface area contributed by atoms with Crippen molar-refractivity contribution in [2.24, 2.45) is 52.1 Å². The van der Waals surface area contributed by atoms with Crippen LogP contribution in [0.3, 0.4) is 0 Å². The minimum absolute atomic E-state index is 0.174. The van der Waals surface area contributed by atoms with Crippen LogP contribution in [0.15, 0.2) is 0 Å². The molecule has 4 aliphatic carbocycles. The summed E-state index contributed by atoms with van der Waals surface area (Å²) in [6, 6.07) is 0.558. The molecule has 0 aromatic rings. The zero-order chi connectivity index (χ0) is 32.3. The lowest BCUT2D eigenvalue weighted by Crippen LogP contribution is -2.59. The smallest absolute Gasteiger partial charge is 0.393 e. The number of nitrogens with two attached hydrogens (primary N) is 1. The molecule has 0 spiro atoms. The van der Waals surface area contributed by atoms with Gasteiger partial charge >= 0.3 is 10.4 Å². The summed E-state index contributed by atoms with van der Waals surface area (Å²) >= 11 is 0. The molecule has 4 aliphatic rings. The van der Waals surface area contributed by atoms with E-state index in [1.54, 1.807) is 0 Å². The number of fused-ring (bicyclic) bond motifs is 5. The van der Waals surface area contributed by atoms with Gasteiger partial charge < -0.3 is 26.6 Å². The van der Waals surface area contributed by atoms with Crippen molar-refractivity contribution in [3.8, 4) is 0 Å². The first-order chi connectivity index (χ1) is 20.6. The third-order valence-electron chi connectivity index (χ3n) is 13.2. The maximum absolute atomic E-state index is 11.8. The van der Waals surface area contributed by atoms with E-state index in [1.165, 1.54) is 46.0 Å². The van der Waals surface area contributed by atoms with Crippen LogP contribution < -0.4 is 16.4 Å². The van der Waals surface area contributed by atoms with Crippen molar-refractivity contribution in [3.05, 3.63) is 0 Å². The molecule has 7 N–H and O–H groups in total. The highest BCUT2D eigenvalue weighted by molar-refractivity contribution is 7.80. The van der Waals surface area contributed by atoms with E-state index in [1.807, 2.05) is 0 Å². The summed E-state index contributed by atoms with van der Waals surface area (Å²) in [5.41, 5.74) is 4.67. The lowest BCUT2D eigenvalue weighted by atomic mass is 9.43. The Balaban J connectivity index is 1.31. The third kappa shape index (κ3) is 8.20. The Morgan fingerprint density at radius 3 is 2.34 bits per heavy atom. The SMILES string of the molecule is CC(CCC(O)C(C)(C)OS(=O)(=O)O)C1CCC2C3C(O)CC4CC(NCCCNCCCCN)CCC4(C)C3CCC12C. The van der Waals surface area contributed by atoms with Crippen LogP contribution in [0.25, 0.3) is 0 Å². The Labute approximate surface area is 268 Å². The highest BCUT2D eigenvalue weighted by Crippen LogP contribution is 2.68. The first-order valence-electron chi connectivity index (χ1n) is 17.8. The van der Waals surface area contributed by atoms with Crippen molar-refractivity contribution < 1.29 is 27.4 Å². The van der Waals surface area contributed by atoms with Gasteiger partial charge in [0.25, 0.3) is 0 Å². The zero-order valence-electron chi connectivity index (χ0n) is 28.3. The van der Waals surface area contributed by atoms with Crippen molar-refractivity contribution in [2.75, 3.05) is 26.2 Å². The summed E-state index contributed by atoms with van der Waals surface area (Å²) in [7, 11) is -4.64. The molecule has 4 fully saturated rings. The molecule has 11 unspecified atom stereocenters. The van der Waals surface area contributed by atoms with E-state index in [2.05, 4.69) is 31.4 Å². The highest BCUT2D eigenvalue weighted by Gasteiger charge is 2.62. The van der Waals surface area contributed by atoms with E-state index >= 15 is 0 Å². The monoisotopic (exact) mass is 643 g/mol. The van der Waals surface area contributed by atoms with Gasteiger partial charge in [-0.05, 0) is 170 Å². The molecule has 10 heteroatoms. The minimum atomic E-state index is -4.64. The van der Waals surface area contributed by atoms with Gasteiger partial charge in [0, 0.05) is 6.04 Å². The van der Waals surface area contributed by atoms with Crippen LogP contribution in [-0.4, -0.2) is 73.2 Å². The number of aliphatic hydroxyl groups is 2. The number of hydrogen-bond acceptors (Lipinski definition) is 8. The quantitative estimate of drug-likeness (QED) is 0.104. The molecule has 0 aromatic carbocycles. The van der Waals surface area contributed by atoms with Gasteiger partial charge in [0.15, 0.2) is 0 Å². The van der Waals surface area contributed by atoms with Crippen molar-refractivity contribution in [1.29, 1.82) is 0 Å². The fourth-order valence-electron chi connectivity index (χ4n) is 10.7. The van der Waals surface area contributed by atoms with Crippen LogP contribution in [0.1, 0.15) is 118 Å². The predicted molar refractivity (Wildman–Crippen MR) is 175 cm³/mol. The van der Waals surface area contributed by atoms with E-state index < -0.39 is 22.1 Å². The highest BCUT2D eigenvalue weighted by atomic mass is 32.3. The first kappa shape index (κ1) is 36.5. The largest absolute Gasteiger partial charge is 0.397 e. The van der Waals surface area contributed by atoms with Crippen molar-refractivity contribution >= 4 is 10.4 Å². The van der Waals surface area contributed by atoms with Gasteiger partial charge in [0.2, 0.25) is 0 Å². The van der Waals surface area contributed by atoms with E-state index in [9.17, 15) is 18.6 Å². The second kappa shape index (κ2) is 14.8. The average Bonchev–Trinajstić information content (AvgIpc) is 3.29. The fraction of sp³-hybridized carbons (Fsp3) is 1.00.